The van der Waals surface area contributed by atoms with E-state index in [4.69, 9.17) is 14.0 Å². The third kappa shape index (κ3) is 4.12. The summed E-state index contributed by atoms with van der Waals surface area (Å²) in [4.78, 5) is 39.3. The van der Waals surface area contributed by atoms with E-state index in [1.54, 1.807) is 13.0 Å². The van der Waals surface area contributed by atoms with Crippen LogP contribution in [0, 0.1) is 5.82 Å². The fourth-order valence-corrected chi connectivity index (χ4v) is 3.05. The molecule has 0 saturated carbocycles. The van der Waals surface area contributed by atoms with Gasteiger partial charge in [0, 0.05) is 6.20 Å². The van der Waals surface area contributed by atoms with Crippen LogP contribution in [0.5, 0.6) is 0 Å². The summed E-state index contributed by atoms with van der Waals surface area (Å²) < 4.78 is 30.9. The standard InChI is InChI=1S/C19H17FN6O6/c1-2-30-18(28)17-23-16(24-32-17)11-6-22-26(8-11)15-4-3-12(5-14(15)20)25-9-13(7-21-10-27)31-19(25)29/h3-6,8,10,13H,2,7,9H2,1H3,(H,21,27). The van der Waals surface area contributed by atoms with E-state index >= 15 is 0 Å². The molecule has 3 heterocycles. The van der Waals surface area contributed by atoms with Gasteiger partial charge < -0.3 is 19.3 Å². The lowest BCUT2D eigenvalue weighted by molar-refractivity contribution is -0.109. The maximum Gasteiger partial charge on any atom is 0.414 e. The molecule has 13 heteroatoms. The van der Waals surface area contributed by atoms with Gasteiger partial charge in [-0.1, -0.05) is 5.16 Å². The van der Waals surface area contributed by atoms with Crippen LogP contribution < -0.4 is 10.2 Å². The third-order valence-electron chi connectivity index (χ3n) is 4.51. The largest absolute Gasteiger partial charge is 0.459 e. The lowest BCUT2D eigenvalue weighted by Crippen LogP contribution is -2.30. The smallest absolute Gasteiger partial charge is 0.414 e. The Labute approximate surface area is 179 Å². The minimum atomic E-state index is -0.745. The monoisotopic (exact) mass is 444 g/mol. The lowest BCUT2D eigenvalue weighted by atomic mass is 10.2. The normalized spacial score (nSPS) is 15.5. The van der Waals surface area contributed by atoms with Crippen molar-refractivity contribution in [2.75, 3.05) is 24.6 Å². The molecule has 0 aliphatic carbocycles. The minimum Gasteiger partial charge on any atom is -0.459 e. The van der Waals surface area contributed by atoms with Crippen molar-refractivity contribution in [3.63, 3.8) is 0 Å². The van der Waals surface area contributed by atoms with Crippen LogP contribution in [0.15, 0.2) is 35.1 Å². The van der Waals surface area contributed by atoms with Crippen LogP contribution in [0.1, 0.15) is 17.6 Å². The van der Waals surface area contributed by atoms with E-state index in [-0.39, 0.29) is 37.1 Å². The number of ether oxygens (including phenoxy) is 2. The third-order valence-corrected chi connectivity index (χ3v) is 4.51. The van der Waals surface area contributed by atoms with Crippen LogP contribution in [0.2, 0.25) is 0 Å². The van der Waals surface area contributed by atoms with Crippen molar-refractivity contribution >= 4 is 24.2 Å². The van der Waals surface area contributed by atoms with Crippen LogP contribution in [-0.4, -0.2) is 64.2 Å². The molecule has 0 radical (unpaired) electrons. The second-order valence-corrected chi connectivity index (χ2v) is 6.60. The molecule has 32 heavy (non-hydrogen) atoms. The number of carbonyl (C=O) groups excluding carboxylic acids is 3. The van der Waals surface area contributed by atoms with Gasteiger partial charge in [-0.15, -0.1) is 0 Å². The Kier molecular flexibility index (Phi) is 5.79. The van der Waals surface area contributed by atoms with E-state index in [9.17, 15) is 18.8 Å². The predicted molar refractivity (Wildman–Crippen MR) is 104 cm³/mol. The number of nitrogens with one attached hydrogen (secondary N) is 1. The maximum atomic E-state index is 14.8. The summed E-state index contributed by atoms with van der Waals surface area (Å²) >= 11 is 0. The van der Waals surface area contributed by atoms with Crippen molar-refractivity contribution in [2.45, 2.75) is 13.0 Å². The zero-order chi connectivity index (χ0) is 22.7. The summed E-state index contributed by atoms with van der Waals surface area (Å²) in [7, 11) is 0. The predicted octanol–water partition coefficient (Wildman–Crippen LogP) is 1.31. The number of amides is 2. The first-order valence-corrected chi connectivity index (χ1v) is 9.51. The van der Waals surface area contributed by atoms with Crippen molar-refractivity contribution in [1.29, 1.82) is 0 Å². The second kappa shape index (κ2) is 8.83. The molecule has 1 saturated heterocycles. The van der Waals surface area contributed by atoms with E-state index in [1.807, 2.05) is 0 Å². The number of hydrogen-bond acceptors (Lipinski definition) is 9. The SMILES string of the molecule is CCOC(=O)c1nc(-c2cnn(-c3ccc(N4CC(CNC=O)OC4=O)cc3F)c2)no1. The summed E-state index contributed by atoms with van der Waals surface area (Å²) in [5.41, 5.74) is 0.803. The van der Waals surface area contributed by atoms with Crippen LogP contribution >= 0.6 is 0 Å². The molecule has 0 bridgehead atoms. The molecular weight excluding hydrogens is 427 g/mol. The van der Waals surface area contributed by atoms with Gasteiger partial charge in [0.1, 0.15) is 11.8 Å². The summed E-state index contributed by atoms with van der Waals surface area (Å²) in [5.74, 6) is -1.60. The van der Waals surface area contributed by atoms with Gasteiger partial charge in [0.15, 0.2) is 5.82 Å². The van der Waals surface area contributed by atoms with Gasteiger partial charge in [0.25, 0.3) is 0 Å². The lowest BCUT2D eigenvalue weighted by Gasteiger charge is -2.14. The van der Waals surface area contributed by atoms with Crippen molar-refractivity contribution < 1.29 is 32.8 Å². The number of rotatable bonds is 8. The average molecular weight is 444 g/mol. The number of esters is 1. The molecular formula is C19H17FN6O6. The van der Waals surface area contributed by atoms with Gasteiger partial charge >= 0.3 is 18.0 Å². The zero-order valence-electron chi connectivity index (χ0n) is 16.7. The molecule has 1 aliphatic rings. The number of benzene rings is 1. The van der Waals surface area contributed by atoms with Gasteiger partial charge in [-0.3, -0.25) is 9.69 Å². The number of anilines is 1. The number of nitrogens with zero attached hydrogens (tertiary/aromatic N) is 5. The molecule has 1 unspecified atom stereocenters. The number of cyclic esters (lactones) is 1. The Morgan fingerprint density at radius 2 is 2.28 bits per heavy atom. The van der Waals surface area contributed by atoms with Crippen LogP contribution in [0.4, 0.5) is 14.9 Å². The maximum absolute atomic E-state index is 14.8. The molecule has 1 aliphatic heterocycles. The van der Waals surface area contributed by atoms with Gasteiger partial charge in [0.05, 0.1) is 37.1 Å². The van der Waals surface area contributed by atoms with E-state index in [0.717, 1.165) is 0 Å². The summed E-state index contributed by atoms with van der Waals surface area (Å²) in [6.07, 6.45) is 2.19. The Morgan fingerprint density at radius 1 is 1.44 bits per heavy atom. The van der Waals surface area contributed by atoms with Crippen molar-refractivity contribution in [3.8, 4) is 17.1 Å². The molecule has 1 N–H and O–H groups in total. The first-order valence-electron chi connectivity index (χ1n) is 9.51. The summed E-state index contributed by atoms with van der Waals surface area (Å²) in [5, 5.41) is 10.2. The average Bonchev–Trinajstić information content (AvgIpc) is 3.52. The van der Waals surface area contributed by atoms with Gasteiger partial charge in [-0.05, 0) is 25.1 Å². The first-order chi connectivity index (χ1) is 15.5. The summed E-state index contributed by atoms with van der Waals surface area (Å²) in [6.45, 7) is 2.14. The van der Waals surface area contributed by atoms with Crippen LogP contribution in [0.25, 0.3) is 17.1 Å². The van der Waals surface area contributed by atoms with Crippen LogP contribution in [0.3, 0.4) is 0 Å². The minimum absolute atomic E-state index is 0.0890. The highest BCUT2D eigenvalue weighted by Gasteiger charge is 2.32. The molecule has 1 atom stereocenters. The van der Waals surface area contributed by atoms with E-state index in [2.05, 4.69) is 20.6 Å². The zero-order valence-corrected chi connectivity index (χ0v) is 16.7. The van der Waals surface area contributed by atoms with E-state index in [1.165, 1.54) is 34.1 Å². The fourth-order valence-electron chi connectivity index (χ4n) is 3.05. The van der Waals surface area contributed by atoms with Crippen molar-refractivity contribution in [3.05, 3.63) is 42.3 Å². The first kappa shape index (κ1) is 21.0. The molecule has 3 aromatic rings. The topological polar surface area (TPSA) is 142 Å². The van der Waals surface area contributed by atoms with Crippen molar-refractivity contribution in [1.82, 2.24) is 25.2 Å². The number of aromatic nitrogens is 4. The van der Waals surface area contributed by atoms with Gasteiger partial charge in [-0.25, -0.2) is 18.7 Å². The Hall–Kier alpha value is -4.29. The Balaban J connectivity index is 1.51. The highest BCUT2D eigenvalue weighted by Crippen LogP contribution is 2.26. The van der Waals surface area contributed by atoms with Crippen LogP contribution in [-0.2, 0) is 14.3 Å². The molecule has 166 valence electrons. The Morgan fingerprint density at radius 3 is 3.03 bits per heavy atom. The van der Waals surface area contributed by atoms with Crippen molar-refractivity contribution in [2.24, 2.45) is 0 Å². The van der Waals surface area contributed by atoms with Gasteiger partial charge in [0.2, 0.25) is 12.2 Å². The van der Waals surface area contributed by atoms with E-state index in [0.29, 0.717) is 17.7 Å². The second-order valence-electron chi connectivity index (χ2n) is 6.60. The highest BCUT2D eigenvalue weighted by molar-refractivity contribution is 5.90. The quantitative estimate of drug-likeness (QED) is 0.402. The highest BCUT2D eigenvalue weighted by atomic mass is 19.1. The molecule has 1 fully saturated rings. The van der Waals surface area contributed by atoms with Gasteiger partial charge in [-0.2, -0.15) is 10.1 Å². The number of hydrogen-bond donors (Lipinski definition) is 1. The molecule has 4 rings (SSSR count). The molecule has 1 aromatic carbocycles. The van der Waals surface area contributed by atoms with E-state index < -0.39 is 24.0 Å². The molecule has 2 aromatic heterocycles. The number of halogens is 1. The molecule has 0 spiro atoms. The molecule has 2 amide bonds. The Bertz CT molecular complexity index is 1160. The fraction of sp³-hybridized carbons (Fsp3) is 0.263. The molecule has 12 nitrogen and oxygen atoms in total. The summed E-state index contributed by atoms with van der Waals surface area (Å²) in [6, 6.07) is 4.18. The number of carbonyl (C=O) groups is 3.